The maximum atomic E-state index is 13.2. The zero-order chi connectivity index (χ0) is 27.1. The van der Waals surface area contributed by atoms with E-state index in [1.165, 1.54) is 0 Å². The molecule has 1 spiro atoms. The number of aromatic nitrogens is 1. The second-order valence-electron chi connectivity index (χ2n) is 12.8. The number of pyridine rings is 1. The van der Waals surface area contributed by atoms with Crippen molar-refractivity contribution in [3.05, 3.63) is 23.4 Å². The van der Waals surface area contributed by atoms with Crippen LogP contribution in [0.5, 0.6) is 0 Å². The van der Waals surface area contributed by atoms with Gasteiger partial charge >= 0.3 is 12.2 Å². The molecule has 9 nitrogen and oxygen atoms in total. The van der Waals surface area contributed by atoms with E-state index < -0.39 is 33.0 Å². The molecule has 10 heteroatoms. The molecule has 2 heterocycles. The molecule has 0 bridgehead atoms. The predicted molar refractivity (Wildman–Crippen MR) is 141 cm³/mol. The number of piperidine rings is 1. The number of carbonyl (C=O) groups excluding carboxylic acids is 2. The lowest BCUT2D eigenvalue weighted by atomic mass is 9.73. The zero-order valence-corrected chi connectivity index (χ0v) is 23.9. The lowest BCUT2D eigenvalue weighted by molar-refractivity contribution is 0.00717. The predicted octanol–water partition coefficient (Wildman–Crippen LogP) is 5.09. The van der Waals surface area contributed by atoms with Crippen LogP contribution < -0.4 is 10.0 Å². The van der Waals surface area contributed by atoms with Crippen molar-refractivity contribution >= 4 is 29.0 Å². The van der Waals surface area contributed by atoms with Crippen molar-refractivity contribution in [1.29, 1.82) is 0 Å². The highest BCUT2D eigenvalue weighted by Crippen LogP contribution is 2.52. The van der Waals surface area contributed by atoms with Crippen LogP contribution >= 0.6 is 0 Å². The fourth-order valence-corrected chi connectivity index (χ4v) is 5.50. The Hall–Kier alpha value is -2.20. The summed E-state index contributed by atoms with van der Waals surface area (Å²) in [6.45, 7) is 17.9. The van der Waals surface area contributed by atoms with Gasteiger partial charge in [-0.1, -0.05) is 6.07 Å². The second kappa shape index (κ2) is 9.93. The molecule has 0 aromatic carbocycles. The molecule has 2 atom stereocenters. The van der Waals surface area contributed by atoms with Gasteiger partial charge < -0.3 is 14.4 Å². The van der Waals surface area contributed by atoms with Gasteiger partial charge in [0.15, 0.2) is 0 Å². The highest BCUT2D eigenvalue weighted by Gasteiger charge is 2.50. The Morgan fingerprint density at radius 3 is 2.11 bits per heavy atom. The van der Waals surface area contributed by atoms with Crippen molar-refractivity contribution in [3.63, 3.8) is 0 Å². The van der Waals surface area contributed by atoms with Crippen LogP contribution in [-0.4, -0.2) is 55.3 Å². The molecule has 2 N–H and O–H groups in total. The first-order chi connectivity index (χ1) is 16.4. The highest BCUT2D eigenvalue weighted by molar-refractivity contribution is 7.84. The third-order valence-corrected chi connectivity index (χ3v) is 7.84. The number of nitrogens with zero attached hydrogens (tertiary/aromatic N) is 2. The summed E-state index contributed by atoms with van der Waals surface area (Å²) in [5, 5.41) is 2.72. The first-order valence-corrected chi connectivity index (χ1v) is 13.7. The molecule has 1 aliphatic carbocycles. The molecular formula is C26H42N4O5S. The largest absolute Gasteiger partial charge is 0.444 e. The number of hydrogen-bond donors (Lipinski definition) is 2. The van der Waals surface area contributed by atoms with E-state index in [9.17, 15) is 13.8 Å². The van der Waals surface area contributed by atoms with Gasteiger partial charge in [0.1, 0.15) is 17.0 Å². The van der Waals surface area contributed by atoms with Crippen molar-refractivity contribution in [1.82, 2.24) is 14.6 Å². The maximum Gasteiger partial charge on any atom is 0.413 e. The maximum absolute atomic E-state index is 13.2. The van der Waals surface area contributed by atoms with Crippen molar-refractivity contribution in [3.8, 4) is 0 Å². The minimum Gasteiger partial charge on any atom is -0.444 e. The number of amides is 2. The second-order valence-corrected chi connectivity index (χ2v) is 14.8. The van der Waals surface area contributed by atoms with Gasteiger partial charge in [-0.15, -0.1) is 0 Å². The van der Waals surface area contributed by atoms with Crippen LogP contribution in [0.2, 0.25) is 0 Å². The molecule has 2 aliphatic rings. The zero-order valence-electron chi connectivity index (χ0n) is 23.1. The standard InChI is InChI=1S/C26H42N4O5S/c1-23(2,3)34-21(31)28-19-11-10-17-18(27-19)16-26(20(17)29-36(33)25(7,8)9)12-14-30(15-13-26)22(32)35-24(4,5)6/h10-11,20,29H,12-16H2,1-9H3,(H,27,28,31)/t20-,36?/m1/s1. The van der Waals surface area contributed by atoms with Crippen LogP contribution in [0, 0.1) is 5.41 Å². The van der Waals surface area contributed by atoms with E-state index in [0.717, 1.165) is 24.1 Å². The van der Waals surface area contributed by atoms with E-state index in [2.05, 4.69) is 10.0 Å². The van der Waals surface area contributed by atoms with E-state index in [4.69, 9.17) is 14.5 Å². The Labute approximate surface area is 217 Å². The normalized spacial score (nSPS) is 20.6. The van der Waals surface area contributed by atoms with Crippen molar-refractivity contribution in [2.45, 2.75) is 104 Å². The van der Waals surface area contributed by atoms with E-state index in [1.807, 2.05) is 68.4 Å². The van der Waals surface area contributed by atoms with E-state index in [0.29, 0.717) is 25.3 Å². The number of anilines is 1. The first-order valence-electron chi connectivity index (χ1n) is 12.5. The van der Waals surface area contributed by atoms with E-state index in [1.54, 1.807) is 11.0 Å². The number of ether oxygens (including phenoxy) is 2. The Balaban J connectivity index is 1.84. The fraction of sp³-hybridized carbons (Fsp3) is 0.731. The van der Waals surface area contributed by atoms with Gasteiger partial charge in [-0.05, 0) is 98.6 Å². The third kappa shape index (κ3) is 6.97. The Morgan fingerprint density at radius 1 is 1.00 bits per heavy atom. The molecule has 2 amide bonds. The summed E-state index contributed by atoms with van der Waals surface area (Å²) in [6.07, 6.45) is 1.23. The van der Waals surface area contributed by atoms with Crippen LogP contribution in [0.1, 0.15) is 92.5 Å². The Morgan fingerprint density at radius 2 is 1.58 bits per heavy atom. The van der Waals surface area contributed by atoms with Crippen LogP contribution in [0.3, 0.4) is 0 Å². The van der Waals surface area contributed by atoms with Gasteiger partial charge in [-0.25, -0.2) is 23.5 Å². The van der Waals surface area contributed by atoms with Gasteiger partial charge in [-0.2, -0.15) is 0 Å². The third-order valence-electron chi connectivity index (χ3n) is 6.27. The lowest BCUT2D eigenvalue weighted by Crippen LogP contribution is -2.49. The van der Waals surface area contributed by atoms with Crippen LogP contribution in [-0.2, 0) is 26.9 Å². The molecule has 3 rings (SSSR count). The minimum absolute atomic E-state index is 0.184. The summed E-state index contributed by atoms with van der Waals surface area (Å²) in [5.41, 5.74) is 0.425. The number of fused-ring (bicyclic) bond motifs is 1. The molecule has 202 valence electrons. The average molecular weight is 523 g/mol. The highest BCUT2D eigenvalue weighted by atomic mass is 32.2. The molecule has 1 unspecified atom stereocenters. The summed E-state index contributed by atoms with van der Waals surface area (Å²) >= 11 is 0. The smallest absolute Gasteiger partial charge is 0.413 e. The van der Waals surface area contributed by atoms with Crippen LogP contribution in [0.15, 0.2) is 12.1 Å². The summed E-state index contributed by atoms with van der Waals surface area (Å²) in [4.78, 5) is 31.4. The monoisotopic (exact) mass is 522 g/mol. The van der Waals surface area contributed by atoms with Crippen molar-refractivity contribution in [2.24, 2.45) is 5.41 Å². The van der Waals surface area contributed by atoms with Crippen molar-refractivity contribution in [2.75, 3.05) is 18.4 Å². The molecule has 1 aromatic heterocycles. The molecule has 36 heavy (non-hydrogen) atoms. The van der Waals surface area contributed by atoms with Gasteiger partial charge in [0.25, 0.3) is 0 Å². The number of hydrogen-bond acceptors (Lipinski definition) is 6. The van der Waals surface area contributed by atoms with E-state index in [-0.39, 0.29) is 17.6 Å². The lowest BCUT2D eigenvalue weighted by Gasteiger charge is -2.43. The summed E-state index contributed by atoms with van der Waals surface area (Å²) < 4.78 is 27.0. The summed E-state index contributed by atoms with van der Waals surface area (Å²) in [6, 6.07) is 3.52. The van der Waals surface area contributed by atoms with E-state index >= 15 is 0 Å². The Kier molecular flexibility index (Phi) is 7.82. The van der Waals surface area contributed by atoms with Gasteiger partial charge in [0.05, 0.1) is 21.8 Å². The fourth-order valence-electron chi connectivity index (χ4n) is 4.56. The number of rotatable bonds is 3. The minimum atomic E-state index is -1.29. The topological polar surface area (TPSA) is 110 Å². The number of carbonyl (C=O) groups is 2. The summed E-state index contributed by atoms with van der Waals surface area (Å²) in [7, 11) is -1.29. The molecular weight excluding hydrogens is 480 g/mol. The molecule has 0 radical (unpaired) electrons. The average Bonchev–Trinajstić information content (AvgIpc) is 2.97. The molecule has 1 aromatic rings. The SMILES string of the molecule is CC(C)(C)OC(=O)Nc1ccc2c(n1)CC1(CCN(C(=O)OC(C)(C)C)CC1)[C@@H]2NS(=O)C(C)(C)C. The van der Waals surface area contributed by atoms with Gasteiger partial charge in [0, 0.05) is 18.8 Å². The first kappa shape index (κ1) is 28.4. The number of likely N-dealkylation sites (tertiary alicyclic amines) is 1. The van der Waals surface area contributed by atoms with Crippen molar-refractivity contribution < 1.29 is 23.3 Å². The summed E-state index contributed by atoms with van der Waals surface area (Å²) in [5.74, 6) is 0.418. The van der Waals surface area contributed by atoms with Crippen LogP contribution in [0.25, 0.3) is 0 Å². The number of nitrogens with one attached hydrogen (secondary N) is 2. The Bertz CT molecular complexity index is 1010. The molecule has 1 fully saturated rings. The van der Waals surface area contributed by atoms with Crippen LogP contribution in [0.4, 0.5) is 15.4 Å². The van der Waals surface area contributed by atoms with Gasteiger partial charge in [-0.3, -0.25) is 5.32 Å². The quantitative estimate of drug-likeness (QED) is 0.572. The molecule has 1 saturated heterocycles. The van der Waals surface area contributed by atoms with Gasteiger partial charge in [0.2, 0.25) is 0 Å². The molecule has 0 saturated carbocycles. The molecule has 1 aliphatic heterocycles.